The molecule has 0 saturated carbocycles. The van der Waals surface area contributed by atoms with Crippen molar-refractivity contribution in [2.75, 3.05) is 18.5 Å². The second kappa shape index (κ2) is 9.76. The van der Waals surface area contributed by atoms with E-state index in [1.165, 1.54) is 0 Å². The molecule has 1 aromatic carbocycles. The van der Waals surface area contributed by atoms with E-state index in [0.29, 0.717) is 13.2 Å². The third-order valence-electron chi connectivity index (χ3n) is 1.94. The van der Waals surface area contributed by atoms with Gasteiger partial charge in [-0.3, -0.25) is 5.32 Å². The number of carbonyl (C=O) groups is 2. The van der Waals surface area contributed by atoms with E-state index in [0.717, 1.165) is 11.3 Å². The van der Waals surface area contributed by atoms with Crippen molar-refractivity contribution in [3.05, 3.63) is 29.8 Å². The summed E-state index contributed by atoms with van der Waals surface area (Å²) < 4.78 is 8.93. The summed E-state index contributed by atoms with van der Waals surface area (Å²) in [5, 5.41) is 2.65. The first-order valence-electron chi connectivity index (χ1n) is 5.92. The summed E-state index contributed by atoms with van der Waals surface area (Å²) in [6, 6.07) is 7.56. The smallest absolute Gasteiger partial charge is 0.411 e. The van der Waals surface area contributed by atoms with Gasteiger partial charge in [0.05, 0.1) is 13.2 Å². The zero-order chi connectivity index (χ0) is 14.7. The van der Waals surface area contributed by atoms with Crippen LogP contribution in [0.15, 0.2) is 24.3 Å². The number of aryl methyl sites for hydroxylation is 1. The fourth-order valence-electron chi connectivity index (χ4n) is 1.13. The molecule has 19 heavy (non-hydrogen) atoms. The number of benzene rings is 1. The minimum Gasteiger partial charge on any atom is -0.450 e. The molecule has 0 atom stereocenters. The van der Waals surface area contributed by atoms with Gasteiger partial charge in [0.15, 0.2) is 0 Å². The average Bonchev–Trinajstić information content (AvgIpc) is 2.33. The van der Waals surface area contributed by atoms with E-state index >= 15 is 0 Å². The molecular formula is C13H20N2O4. The molecule has 0 aliphatic rings. The molecule has 2 amide bonds. The van der Waals surface area contributed by atoms with Crippen LogP contribution in [0.5, 0.6) is 0 Å². The van der Waals surface area contributed by atoms with Gasteiger partial charge in [-0.1, -0.05) is 18.2 Å². The van der Waals surface area contributed by atoms with Gasteiger partial charge in [-0.15, -0.1) is 0 Å². The lowest BCUT2D eigenvalue weighted by molar-refractivity contribution is 0.163. The van der Waals surface area contributed by atoms with Crippen molar-refractivity contribution in [3.63, 3.8) is 0 Å². The summed E-state index contributed by atoms with van der Waals surface area (Å²) >= 11 is 0. The molecular weight excluding hydrogens is 248 g/mol. The molecule has 1 aromatic rings. The lowest BCUT2D eigenvalue weighted by atomic mass is 10.2. The maximum absolute atomic E-state index is 11.0. The quantitative estimate of drug-likeness (QED) is 0.881. The summed E-state index contributed by atoms with van der Waals surface area (Å²) in [6.07, 6.45) is -1.12. The van der Waals surface area contributed by atoms with Gasteiger partial charge in [0, 0.05) is 5.69 Å². The van der Waals surface area contributed by atoms with Gasteiger partial charge in [0.25, 0.3) is 0 Å². The van der Waals surface area contributed by atoms with Crippen molar-refractivity contribution in [1.29, 1.82) is 0 Å². The summed E-state index contributed by atoms with van der Waals surface area (Å²) in [6.45, 7) is 6.15. The monoisotopic (exact) mass is 268 g/mol. The Bertz CT molecular complexity index is 407. The molecule has 6 nitrogen and oxygen atoms in total. The van der Waals surface area contributed by atoms with E-state index in [4.69, 9.17) is 4.74 Å². The number of para-hydroxylation sites is 1. The molecule has 0 bridgehead atoms. The summed E-state index contributed by atoms with van der Waals surface area (Å²) in [5.41, 5.74) is 6.36. The van der Waals surface area contributed by atoms with Crippen molar-refractivity contribution >= 4 is 17.9 Å². The first-order valence-corrected chi connectivity index (χ1v) is 5.92. The van der Waals surface area contributed by atoms with Gasteiger partial charge in [0.2, 0.25) is 0 Å². The van der Waals surface area contributed by atoms with Crippen molar-refractivity contribution in [1.82, 2.24) is 0 Å². The predicted octanol–water partition coefficient (Wildman–Crippen LogP) is 2.67. The minimum atomic E-state index is -0.711. The number of nitrogens with two attached hydrogens (primary N) is 1. The second-order valence-corrected chi connectivity index (χ2v) is 3.41. The Kier molecular flexibility index (Phi) is 8.61. The molecule has 0 saturated heterocycles. The number of rotatable bonds is 3. The van der Waals surface area contributed by atoms with Crippen molar-refractivity contribution in [2.24, 2.45) is 5.73 Å². The van der Waals surface area contributed by atoms with Gasteiger partial charge < -0.3 is 15.2 Å². The van der Waals surface area contributed by atoms with Crippen molar-refractivity contribution < 1.29 is 19.1 Å². The summed E-state index contributed by atoms with van der Waals surface area (Å²) in [5.74, 6) is 0. The third-order valence-corrected chi connectivity index (χ3v) is 1.94. The van der Waals surface area contributed by atoms with Gasteiger partial charge in [-0.25, -0.2) is 9.59 Å². The Morgan fingerprint density at radius 1 is 1.16 bits per heavy atom. The van der Waals surface area contributed by atoms with Crippen LogP contribution in [0.3, 0.4) is 0 Å². The Morgan fingerprint density at radius 3 is 2.16 bits per heavy atom. The van der Waals surface area contributed by atoms with E-state index in [9.17, 15) is 9.59 Å². The molecule has 1 rings (SSSR count). The highest BCUT2D eigenvalue weighted by molar-refractivity contribution is 5.85. The lowest BCUT2D eigenvalue weighted by Crippen LogP contribution is -2.13. The number of hydrogen-bond donors (Lipinski definition) is 2. The normalized spacial score (nSPS) is 8.79. The molecule has 0 fully saturated rings. The first-order chi connectivity index (χ1) is 9.01. The number of carbonyl (C=O) groups excluding carboxylic acids is 2. The minimum absolute atomic E-state index is 0.356. The highest BCUT2D eigenvalue weighted by Gasteiger charge is 2.02. The molecule has 106 valence electrons. The maximum atomic E-state index is 11.0. The molecule has 6 heteroatoms. The number of hydrogen-bond acceptors (Lipinski definition) is 4. The summed E-state index contributed by atoms with van der Waals surface area (Å²) in [7, 11) is 0. The van der Waals surface area contributed by atoms with E-state index in [2.05, 4.69) is 15.8 Å². The highest BCUT2D eigenvalue weighted by Crippen LogP contribution is 2.12. The van der Waals surface area contributed by atoms with Crippen molar-refractivity contribution in [2.45, 2.75) is 20.8 Å². The fourth-order valence-corrected chi connectivity index (χ4v) is 1.13. The zero-order valence-electron chi connectivity index (χ0n) is 11.4. The molecule has 0 unspecified atom stereocenters. The first kappa shape index (κ1) is 16.8. The van der Waals surface area contributed by atoms with E-state index in [1.54, 1.807) is 13.8 Å². The fraction of sp³-hybridized carbons (Fsp3) is 0.385. The predicted molar refractivity (Wildman–Crippen MR) is 73.0 cm³/mol. The Hall–Kier alpha value is -2.24. The van der Waals surface area contributed by atoms with Gasteiger partial charge in [-0.2, -0.15) is 0 Å². The Morgan fingerprint density at radius 2 is 1.74 bits per heavy atom. The summed E-state index contributed by atoms with van der Waals surface area (Å²) in [4.78, 5) is 20.6. The molecule has 0 radical (unpaired) electrons. The average molecular weight is 268 g/mol. The molecule has 0 aliphatic heterocycles. The van der Waals surface area contributed by atoms with Crippen LogP contribution in [0.25, 0.3) is 0 Å². The van der Waals surface area contributed by atoms with Gasteiger partial charge in [-0.05, 0) is 32.4 Å². The van der Waals surface area contributed by atoms with Crippen LogP contribution in [-0.2, 0) is 9.47 Å². The Balaban J connectivity index is 0.000000459. The highest BCUT2D eigenvalue weighted by atomic mass is 16.5. The standard InChI is InChI=1S/C10H13NO2.C3H7NO2/c1-3-13-10(12)11-9-7-5-4-6-8(9)2;1-2-6-3(4)5/h4-7H,3H2,1-2H3,(H,11,12);2H2,1H3,(H2,4,5). The van der Waals surface area contributed by atoms with Crippen LogP contribution in [0.1, 0.15) is 19.4 Å². The van der Waals surface area contributed by atoms with Crippen LogP contribution in [-0.4, -0.2) is 25.4 Å². The van der Waals surface area contributed by atoms with E-state index in [1.807, 2.05) is 31.2 Å². The Labute approximate surface area is 112 Å². The van der Waals surface area contributed by atoms with Crippen LogP contribution in [0.2, 0.25) is 0 Å². The number of anilines is 1. The largest absolute Gasteiger partial charge is 0.450 e. The van der Waals surface area contributed by atoms with Crippen LogP contribution >= 0.6 is 0 Å². The second-order valence-electron chi connectivity index (χ2n) is 3.41. The third kappa shape index (κ3) is 8.48. The van der Waals surface area contributed by atoms with Crippen LogP contribution in [0.4, 0.5) is 15.3 Å². The topological polar surface area (TPSA) is 90.7 Å². The molecule has 0 heterocycles. The number of amides is 2. The van der Waals surface area contributed by atoms with Gasteiger partial charge >= 0.3 is 12.2 Å². The number of primary amides is 1. The molecule has 0 aliphatic carbocycles. The van der Waals surface area contributed by atoms with Crippen LogP contribution < -0.4 is 11.1 Å². The van der Waals surface area contributed by atoms with E-state index in [-0.39, 0.29) is 0 Å². The number of ether oxygens (including phenoxy) is 2. The zero-order valence-corrected chi connectivity index (χ0v) is 11.4. The maximum Gasteiger partial charge on any atom is 0.411 e. The molecule has 0 spiro atoms. The van der Waals surface area contributed by atoms with Crippen molar-refractivity contribution in [3.8, 4) is 0 Å². The number of nitrogens with one attached hydrogen (secondary N) is 1. The van der Waals surface area contributed by atoms with E-state index < -0.39 is 12.2 Å². The molecule has 3 N–H and O–H groups in total. The van der Waals surface area contributed by atoms with Crippen LogP contribution in [0, 0.1) is 6.92 Å². The SMILES string of the molecule is CCOC(=O)Nc1ccccc1C.CCOC(N)=O. The van der Waals surface area contributed by atoms with Gasteiger partial charge in [0.1, 0.15) is 0 Å². The molecule has 0 aromatic heterocycles. The lowest BCUT2D eigenvalue weighted by Gasteiger charge is -2.06.